The number of anilines is 1. The molecular formula is C23H19N3O4. The monoisotopic (exact) mass is 401 g/mol. The Morgan fingerprint density at radius 1 is 0.967 bits per heavy atom. The van der Waals surface area contributed by atoms with Crippen LogP contribution in [0.1, 0.15) is 20.7 Å². The third-order valence-electron chi connectivity index (χ3n) is 4.73. The van der Waals surface area contributed by atoms with Gasteiger partial charge in [0.15, 0.2) is 0 Å². The van der Waals surface area contributed by atoms with Crippen molar-refractivity contribution < 1.29 is 19.1 Å². The number of para-hydroxylation sites is 4. The van der Waals surface area contributed by atoms with Crippen molar-refractivity contribution >= 4 is 28.6 Å². The van der Waals surface area contributed by atoms with Gasteiger partial charge in [-0.15, -0.1) is 0 Å². The average molecular weight is 401 g/mol. The predicted octanol–water partition coefficient (Wildman–Crippen LogP) is 4.07. The lowest BCUT2D eigenvalue weighted by atomic mass is 10.1. The van der Waals surface area contributed by atoms with E-state index in [9.17, 15) is 9.59 Å². The zero-order chi connectivity index (χ0) is 21.1. The number of methoxy groups -OCH3 is 2. The van der Waals surface area contributed by atoms with E-state index >= 15 is 0 Å². The summed E-state index contributed by atoms with van der Waals surface area (Å²) in [6.45, 7) is 0. The van der Waals surface area contributed by atoms with Crippen LogP contribution in [0.4, 0.5) is 5.69 Å². The van der Waals surface area contributed by atoms with Crippen molar-refractivity contribution in [3.63, 3.8) is 0 Å². The van der Waals surface area contributed by atoms with Crippen LogP contribution in [-0.2, 0) is 4.74 Å². The van der Waals surface area contributed by atoms with E-state index in [0.29, 0.717) is 11.3 Å². The van der Waals surface area contributed by atoms with Gasteiger partial charge >= 0.3 is 5.97 Å². The van der Waals surface area contributed by atoms with Gasteiger partial charge < -0.3 is 14.8 Å². The lowest BCUT2D eigenvalue weighted by Gasteiger charge is -2.13. The highest BCUT2D eigenvalue weighted by Crippen LogP contribution is 2.26. The van der Waals surface area contributed by atoms with Crippen molar-refractivity contribution in [1.82, 2.24) is 9.55 Å². The number of carbonyl (C=O) groups is 2. The summed E-state index contributed by atoms with van der Waals surface area (Å²) in [6.07, 6.45) is 1.73. The number of aromatic nitrogens is 2. The van der Waals surface area contributed by atoms with Gasteiger partial charge in [-0.3, -0.25) is 9.36 Å². The fraction of sp³-hybridized carbons (Fsp3) is 0.0870. The summed E-state index contributed by atoms with van der Waals surface area (Å²) in [5, 5.41) is 2.93. The molecule has 1 amide bonds. The highest BCUT2D eigenvalue weighted by Gasteiger charge is 2.17. The first-order valence-corrected chi connectivity index (χ1v) is 9.21. The van der Waals surface area contributed by atoms with Crippen molar-refractivity contribution in [1.29, 1.82) is 0 Å². The summed E-state index contributed by atoms with van der Waals surface area (Å²) in [7, 11) is 2.72. The van der Waals surface area contributed by atoms with E-state index in [1.807, 2.05) is 53.1 Å². The summed E-state index contributed by atoms with van der Waals surface area (Å²) in [5.41, 5.74) is 3.82. The maximum Gasteiger partial charge on any atom is 0.341 e. The summed E-state index contributed by atoms with van der Waals surface area (Å²) in [5.74, 6) is -0.596. The van der Waals surface area contributed by atoms with Crippen LogP contribution in [0.15, 0.2) is 73.1 Å². The van der Waals surface area contributed by atoms with Crippen molar-refractivity contribution in [2.75, 3.05) is 19.5 Å². The van der Waals surface area contributed by atoms with Gasteiger partial charge in [-0.2, -0.15) is 0 Å². The molecule has 4 rings (SSSR count). The molecule has 1 heterocycles. The Balaban J connectivity index is 1.67. The number of hydrogen-bond donors (Lipinski definition) is 1. The first kappa shape index (κ1) is 19.2. The fourth-order valence-electron chi connectivity index (χ4n) is 3.25. The number of nitrogens with one attached hydrogen (secondary N) is 1. The van der Waals surface area contributed by atoms with Crippen LogP contribution in [0.25, 0.3) is 16.7 Å². The maximum atomic E-state index is 12.9. The summed E-state index contributed by atoms with van der Waals surface area (Å²) in [4.78, 5) is 29.2. The Morgan fingerprint density at radius 3 is 2.53 bits per heavy atom. The second-order valence-electron chi connectivity index (χ2n) is 6.48. The molecule has 0 spiro atoms. The SMILES string of the molecule is COC(=O)c1ccc(C(=O)Nc2ccccc2-n2cnc3ccccc32)cc1OC. The number of ether oxygens (including phenoxy) is 2. The molecule has 0 aliphatic carbocycles. The van der Waals surface area contributed by atoms with E-state index in [4.69, 9.17) is 9.47 Å². The lowest BCUT2D eigenvalue weighted by molar-refractivity contribution is 0.0596. The minimum Gasteiger partial charge on any atom is -0.496 e. The molecule has 0 bridgehead atoms. The Bertz CT molecular complexity index is 1250. The Kier molecular flexibility index (Phi) is 5.17. The van der Waals surface area contributed by atoms with Crippen molar-refractivity contribution in [3.05, 3.63) is 84.2 Å². The van der Waals surface area contributed by atoms with Gasteiger partial charge in [0.25, 0.3) is 5.91 Å². The van der Waals surface area contributed by atoms with Crippen molar-refractivity contribution in [2.45, 2.75) is 0 Å². The molecule has 3 aromatic carbocycles. The van der Waals surface area contributed by atoms with E-state index in [2.05, 4.69) is 10.3 Å². The van der Waals surface area contributed by atoms with E-state index < -0.39 is 5.97 Å². The molecule has 0 atom stereocenters. The lowest BCUT2D eigenvalue weighted by Crippen LogP contribution is -2.14. The van der Waals surface area contributed by atoms with Gasteiger partial charge in [0.05, 0.1) is 36.6 Å². The van der Waals surface area contributed by atoms with Gasteiger partial charge in [-0.25, -0.2) is 9.78 Å². The highest BCUT2D eigenvalue weighted by molar-refractivity contribution is 6.06. The normalized spacial score (nSPS) is 10.6. The maximum absolute atomic E-state index is 12.9. The summed E-state index contributed by atoms with van der Waals surface area (Å²) >= 11 is 0. The van der Waals surface area contributed by atoms with Crippen LogP contribution in [-0.4, -0.2) is 35.6 Å². The van der Waals surface area contributed by atoms with Crippen LogP contribution >= 0.6 is 0 Å². The van der Waals surface area contributed by atoms with E-state index in [-0.39, 0.29) is 17.2 Å². The summed E-state index contributed by atoms with van der Waals surface area (Å²) < 4.78 is 11.9. The fourth-order valence-corrected chi connectivity index (χ4v) is 3.25. The van der Waals surface area contributed by atoms with Crippen molar-refractivity contribution in [2.24, 2.45) is 0 Å². The number of amides is 1. The average Bonchev–Trinajstić information content (AvgIpc) is 3.22. The first-order valence-electron chi connectivity index (χ1n) is 9.21. The van der Waals surface area contributed by atoms with E-state index in [1.165, 1.54) is 26.4 Å². The smallest absolute Gasteiger partial charge is 0.341 e. The number of rotatable bonds is 5. The van der Waals surface area contributed by atoms with Crippen LogP contribution in [0.3, 0.4) is 0 Å². The van der Waals surface area contributed by atoms with Gasteiger partial charge in [-0.05, 0) is 42.5 Å². The molecular weight excluding hydrogens is 382 g/mol. The zero-order valence-corrected chi connectivity index (χ0v) is 16.5. The van der Waals surface area contributed by atoms with Crippen molar-refractivity contribution in [3.8, 4) is 11.4 Å². The minimum atomic E-state index is -0.531. The molecule has 1 N–H and O–H groups in total. The molecule has 0 unspecified atom stereocenters. The molecule has 150 valence electrons. The van der Waals surface area contributed by atoms with E-state index in [0.717, 1.165) is 16.7 Å². The minimum absolute atomic E-state index is 0.252. The molecule has 1 aromatic heterocycles. The third-order valence-corrected chi connectivity index (χ3v) is 4.73. The molecule has 30 heavy (non-hydrogen) atoms. The van der Waals surface area contributed by atoms with Crippen LogP contribution in [0.2, 0.25) is 0 Å². The molecule has 4 aromatic rings. The number of imidazole rings is 1. The highest BCUT2D eigenvalue weighted by atomic mass is 16.5. The molecule has 0 aliphatic heterocycles. The number of nitrogens with zero attached hydrogens (tertiary/aromatic N) is 2. The number of hydrogen-bond acceptors (Lipinski definition) is 5. The Hall–Kier alpha value is -4.13. The number of carbonyl (C=O) groups excluding carboxylic acids is 2. The van der Waals surface area contributed by atoms with Gasteiger partial charge in [0.1, 0.15) is 17.6 Å². The quantitative estimate of drug-likeness (QED) is 0.510. The first-order chi connectivity index (χ1) is 14.6. The van der Waals surface area contributed by atoms with Crippen LogP contribution < -0.4 is 10.1 Å². The molecule has 0 saturated heterocycles. The summed E-state index contributed by atoms with van der Waals surface area (Å²) in [6, 6.07) is 19.8. The van der Waals surface area contributed by atoms with Gasteiger partial charge in [0, 0.05) is 5.56 Å². The zero-order valence-electron chi connectivity index (χ0n) is 16.5. The third kappa shape index (κ3) is 3.48. The van der Waals surface area contributed by atoms with Gasteiger partial charge in [-0.1, -0.05) is 24.3 Å². The topological polar surface area (TPSA) is 82.5 Å². The molecule has 0 aliphatic rings. The largest absolute Gasteiger partial charge is 0.496 e. The van der Waals surface area contributed by atoms with Crippen LogP contribution in [0.5, 0.6) is 5.75 Å². The Labute approximate surface area is 172 Å². The molecule has 7 heteroatoms. The molecule has 0 radical (unpaired) electrons. The molecule has 7 nitrogen and oxygen atoms in total. The molecule has 0 fully saturated rings. The number of benzene rings is 3. The van der Waals surface area contributed by atoms with Crippen LogP contribution in [0, 0.1) is 0 Å². The molecule has 0 saturated carbocycles. The Morgan fingerprint density at radius 2 is 1.73 bits per heavy atom. The number of fused-ring (bicyclic) bond motifs is 1. The second-order valence-corrected chi connectivity index (χ2v) is 6.48. The number of esters is 1. The van der Waals surface area contributed by atoms with Gasteiger partial charge in [0.2, 0.25) is 0 Å². The predicted molar refractivity (Wildman–Crippen MR) is 113 cm³/mol. The second kappa shape index (κ2) is 8.08. The standard InChI is InChI=1S/C23H19N3O4/c1-29-21-13-15(11-12-16(21)23(28)30-2)22(27)25-18-8-4-6-10-20(18)26-14-24-17-7-3-5-9-19(17)26/h3-14H,1-2H3,(H,25,27). The van der Waals surface area contributed by atoms with E-state index in [1.54, 1.807) is 12.4 Å².